The van der Waals surface area contributed by atoms with Gasteiger partial charge in [0.2, 0.25) is 0 Å². The minimum atomic E-state index is -4.23. The van der Waals surface area contributed by atoms with E-state index in [1.54, 1.807) is 0 Å². The van der Waals surface area contributed by atoms with E-state index >= 15 is 0 Å². The van der Waals surface area contributed by atoms with Crippen LogP contribution in [-0.2, 0) is 19.5 Å². The molecule has 1 aliphatic heterocycles. The summed E-state index contributed by atoms with van der Waals surface area (Å²) in [7, 11) is 0. The van der Waals surface area contributed by atoms with Crippen molar-refractivity contribution in [2.75, 3.05) is 11.4 Å². The number of halogens is 3. The van der Waals surface area contributed by atoms with Gasteiger partial charge in [-0.1, -0.05) is 26.0 Å². The number of anilines is 1. The minimum absolute atomic E-state index is 0.400. The van der Waals surface area contributed by atoms with E-state index in [0.717, 1.165) is 25.1 Å². The van der Waals surface area contributed by atoms with Crippen LogP contribution in [-0.4, -0.2) is 22.3 Å². The van der Waals surface area contributed by atoms with Crippen molar-refractivity contribution in [2.24, 2.45) is 0 Å². The molecule has 6 heteroatoms. The van der Waals surface area contributed by atoms with Crippen LogP contribution in [0.3, 0.4) is 0 Å². The molecule has 0 aliphatic carbocycles. The number of nitrogens with zero attached hydrogens (tertiary/aromatic N) is 3. The normalized spacial score (nSPS) is 15.0. The number of fused-ring (bicyclic) bond motifs is 1. The van der Waals surface area contributed by atoms with Gasteiger partial charge in [-0.3, -0.25) is 0 Å². The summed E-state index contributed by atoms with van der Waals surface area (Å²) in [5.74, 6) is 0.921. The van der Waals surface area contributed by atoms with Crippen LogP contribution in [0.15, 0.2) is 30.6 Å². The van der Waals surface area contributed by atoms with E-state index in [9.17, 15) is 13.2 Å². The smallest absolute Gasteiger partial charge is 0.364 e. The van der Waals surface area contributed by atoms with Gasteiger partial charge in [0.15, 0.2) is 0 Å². The van der Waals surface area contributed by atoms with Crippen molar-refractivity contribution in [1.82, 2.24) is 9.55 Å². The Balaban J connectivity index is 1.82. The summed E-state index contributed by atoms with van der Waals surface area (Å²) < 4.78 is 39.2. The molecule has 1 aromatic carbocycles. The molecule has 0 fully saturated rings. The van der Waals surface area contributed by atoms with E-state index in [0.29, 0.717) is 18.3 Å². The van der Waals surface area contributed by atoms with Crippen LogP contribution >= 0.6 is 0 Å². The monoisotopic (exact) mass is 337 g/mol. The van der Waals surface area contributed by atoms with Crippen LogP contribution in [0.1, 0.15) is 43.1 Å². The van der Waals surface area contributed by atoms with Crippen molar-refractivity contribution < 1.29 is 13.2 Å². The zero-order valence-electron chi connectivity index (χ0n) is 14.0. The Morgan fingerprint density at radius 3 is 2.75 bits per heavy atom. The van der Waals surface area contributed by atoms with Crippen molar-refractivity contribution in [3.05, 3.63) is 47.5 Å². The Morgan fingerprint density at radius 1 is 1.25 bits per heavy atom. The van der Waals surface area contributed by atoms with Crippen molar-refractivity contribution in [1.29, 1.82) is 0 Å². The van der Waals surface area contributed by atoms with Crippen molar-refractivity contribution >= 4 is 5.69 Å². The van der Waals surface area contributed by atoms with E-state index in [2.05, 4.69) is 41.9 Å². The zero-order chi connectivity index (χ0) is 17.3. The Hall–Kier alpha value is -1.98. The number of hydrogen-bond acceptors (Lipinski definition) is 2. The molecule has 130 valence electrons. The Morgan fingerprint density at radius 2 is 2.04 bits per heavy atom. The van der Waals surface area contributed by atoms with Gasteiger partial charge in [0, 0.05) is 24.6 Å². The zero-order valence-corrected chi connectivity index (χ0v) is 14.0. The number of imidazole rings is 1. The molecule has 1 aromatic heterocycles. The highest BCUT2D eigenvalue weighted by atomic mass is 19.4. The molecular weight excluding hydrogens is 315 g/mol. The van der Waals surface area contributed by atoms with Crippen LogP contribution in [0.2, 0.25) is 0 Å². The van der Waals surface area contributed by atoms with Crippen molar-refractivity contribution in [2.45, 2.75) is 51.9 Å². The molecule has 0 saturated carbocycles. The van der Waals surface area contributed by atoms with Gasteiger partial charge < -0.3 is 9.47 Å². The SMILES string of the molecule is CC(C)c1ccc2c(c1)CCCN2Cc1nccn1CC(F)(F)F. The molecule has 1 aliphatic rings. The molecular formula is C18H22F3N3. The maximum atomic E-state index is 12.7. The standard InChI is InChI=1S/C18H22F3N3/c1-13(2)14-5-6-16-15(10-14)4-3-8-23(16)11-17-22-7-9-24(17)12-18(19,20)21/h5-7,9-10,13H,3-4,8,11-12H2,1-2H3. The summed E-state index contributed by atoms with van der Waals surface area (Å²) in [6.07, 6.45) is 0.628. The first-order valence-electron chi connectivity index (χ1n) is 8.28. The first-order chi connectivity index (χ1) is 11.3. The molecule has 0 unspecified atom stereocenters. The molecule has 0 bridgehead atoms. The number of hydrogen-bond donors (Lipinski definition) is 0. The Labute approximate surface area is 140 Å². The largest absolute Gasteiger partial charge is 0.406 e. The average molecular weight is 337 g/mol. The van der Waals surface area contributed by atoms with Crippen LogP contribution in [0.4, 0.5) is 18.9 Å². The van der Waals surface area contributed by atoms with Crippen LogP contribution in [0.5, 0.6) is 0 Å². The Bertz CT molecular complexity index is 704. The second-order valence-corrected chi connectivity index (χ2v) is 6.65. The summed E-state index contributed by atoms with van der Waals surface area (Å²) in [4.78, 5) is 6.27. The molecule has 2 aromatic rings. The van der Waals surface area contributed by atoms with Gasteiger partial charge in [0.25, 0.3) is 0 Å². The minimum Gasteiger partial charge on any atom is -0.364 e. The number of rotatable bonds is 4. The highest BCUT2D eigenvalue weighted by Gasteiger charge is 2.29. The molecule has 0 amide bonds. The number of aromatic nitrogens is 2. The van der Waals surface area contributed by atoms with E-state index in [1.807, 2.05) is 0 Å². The van der Waals surface area contributed by atoms with Gasteiger partial charge in [-0.05, 0) is 36.0 Å². The average Bonchev–Trinajstić information content (AvgIpc) is 2.92. The van der Waals surface area contributed by atoms with Crippen molar-refractivity contribution in [3.63, 3.8) is 0 Å². The second-order valence-electron chi connectivity index (χ2n) is 6.65. The number of benzene rings is 1. The van der Waals surface area contributed by atoms with Gasteiger partial charge in [-0.25, -0.2) is 4.98 Å². The number of alkyl halides is 3. The lowest BCUT2D eigenvalue weighted by Crippen LogP contribution is -2.31. The first-order valence-corrected chi connectivity index (χ1v) is 8.28. The summed E-state index contributed by atoms with van der Waals surface area (Å²) in [5, 5.41) is 0. The third-order valence-corrected chi connectivity index (χ3v) is 4.47. The third-order valence-electron chi connectivity index (χ3n) is 4.47. The van der Waals surface area contributed by atoms with Gasteiger partial charge in [0.05, 0.1) is 6.54 Å². The molecule has 0 spiro atoms. The molecule has 0 radical (unpaired) electrons. The molecule has 24 heavy (non-hydrogen) atoms. The second kappa shape index (κ2) is 6.49. The van der Waals surface area contributed by atoms with E-state index in [1.165, 1.54) is 28.1 Å². The molecule has 0 saturated heterocycles. The molecule has 0 N–H and O–H groups in total. The highest BCUT2D eigenvalue weighted by Crippen LogP contribution is 2.31. The summed E-state index contributed by atoms with van der Waals surface area (Å²) in [6.45, 7) is 4.58. The van der Waals surface area contributed by atoms with Gasteiger partial charge >= 0.3 is 6.18 Å². The summed E-state index contributed by atoms with van der Waals surface area (Å²) in [6, 6.07) is 6.44. The highest BCUT2D eigenvalue weighted by molar-refractivity contribution is 5.57. The third kappa shape index (κ3) is 3.74. The lowest BCUT2D eigenvalue weighted by atomic mass is 9.95. The predicted octanol–water partition coefficient (Wildman–Crippen LogP) is 4.52. The van der Waals surface area contributed by atoms with Crippen LogP contribution in [0.25, 0.3) is 0 Å². The van der Waals surface area contributed by atoms with Gasteiger partial charge in [0.1, 0.15) is 12.4 Å². The lowest BCUT2D eigenvalue weighted by Gasteiger charge is -2.32. The fraction of sp³-hybridized carbons (Fsp3) is 0.500. The van der Waals surface area contributed by atoms with Crippen LogP contribution in [0, 0.1) is 0 Å². The fourth-order valence-electron chi connectivity index (χ4n) is 3.22. The summed E-state index contributed by atoms with van der Waals surface area (Å²) >= 11 is 0. The van der Waals surface area contributed by atoms with Gasteiger partial charge in [-0.15, -0.1) is 0 Å². The Kier molecular flexibility index (Phi) is 4.56. The van der Waals surface area contributed by atoms with E-state index in [-0.39, 0.29) is 0 Å². The maximum absolute atomic E-state index is 12.7. The predicted molar refractivity (Wildman–Crippen MR) is 88.2 cm³/mol. The quantitative estimate of drug-likeness (QED) is 0.818. The molecule has 3 rings (SSSR count). The molecule has 2 heterocycles. The van der Waals surface area contributed by atoms with Crippen molar-refractivity contribution in [3.8, 4) is 0 Å². The molecule has 0 atom stereocenters. The topological polar surface area (TPSA) is 21.1 Å². The number of aryl methyl sites for hydroxylation is 1. The first kappa shape index (κ1) is 16.9. The van der Waals surface area contributed by atoms with Crippen LogP contribution < -0.4 is 4.90 Å². The van der Waals surface area contributed by atoms with E-state index < -0.39 is 12.7 Å². The molecule has 3 nitrogen and oxygen atoms in total. The lowest BCUT2D eigenvalue weighted by molar-refractivity contribution is -0.141. The summed E-state index contributed by atoms with van der Waals surface area (Å²) in [5.41, 5.74) is 3.70. The fourth-order valence-corrected chi connectivity index (χ4v) is 3.22. The van der Waals surface area contributed by atoms with E-state index in [4.69, 9.17) is 0 Å². The maximum Gasteiger partial charge on any atom is 0.406 e. The van der Waals surface area contributed by atoms with Gasteiger partial charge in [-0.2, -0.15) is 13.2 Å².